The van der Waals surface area contributed by atoms with Crippen molar-refractivity contribution in [3.8, 4) is 5.75 Å². The molecule has 0 heterocycles. The van der Waals surface area contributed by atoms with Crippen molar-refractivity contribution in [2.75, 3.05) is 7.11 Å². The molecule has 0 bridgehead atoms. The highest BCUT2D eigenvalue weighted by atomic mass is 16.5. The largest absolute Gasteiger partial charge is 0.496 e. The first-order valence-corrected chi connectivity index (χ1v) is 5.12. The van der Waals surface area contributed by atoms with Gasteiger partial charge in [-0.2, -0.15) is 0 Å². The van der Waals surface area contributed by atoms with Crippen LogP contribution in [-0.4, -0.2) is 13.2 Å². The molecule has 0 aromatic heterocycles. The van der Waals surface area contributed by atoms with Crippen LogP contribution in [-0.2, 0) is 12.8 Å². The Kier molecular flexibility index (Phi) is 2.46. The van der Waals surface area contributed by atoms with Gasteiger partial charge in [0.25, 0.3) is 0 Å². The van der Waals surface area contributed by atoms with E-state index in [1.165, 1.54) is 11.1 Å². The minimum Gasteiger partial charge on any atom is -0.496 e. The fraction of sp³-hybridized carbons (Fsp3) is 0.500. The minimum atomic E-state index is 0.270. The Balaban J connectivity index is 2.30. The van der Waals surface area contributed by atoms with Crippen molar-refractivity contribution < 1.29 is 4.74 Å². The van der Waals surface area contributed by atoms with E-state index in [1.807, 2.05) is 6.07 Å². The zero-order chi connectivity index (χ0) is 10.1. The van der Waals surface area contributed by atoms with E-state index >= 15 is 0 Å². The van der Waals surface area contributed by atoms with Crippen LogP contribution in [0.2, 0.25) is 0 Å². The Morgan fingerprint density at radius 1 is 1.43 bits per heavy atom. The molecule has 0 spiro atoms. The van der Waals surface area contributed by atoms with Crippen LogP contribution in [0.5, 0.6) is 5.75 Å². The molecule has 1 aliphatic carbocycles. The molecular formula is C12H17NO. The van der Waals surface area contributed by atoms with Gasteiger partial charge in [0.15, 0.2) is 0 Å². The summed E-state index contributed by atoms with van der Waals surface area (Å²) in [6.07, 6.45) is 2.17. The third kappa shape index (κ3) is 1.50. The summed E-state index contributed by atoms with van der Waals surface area (Å²) in [7, 11) is 1.73. The van der Waals surface area contributed by atoms with Crippen molar-refractivity contribution in [3.05, 3.63) is 29.3 Å². The molecule has 0 fully saturated rings. The second-order valence-electron chi connectivity index (χ2n) is 4.13. The Morgan fingerprint density at radius 2 is 2.21 bits per heavy atom. The molecule has 2 N–H and O–H groups in total. The van der Waals surface area contributed by atoms with E-state index in [2.05, 4.69) is 19.1 Å². The number of nitrogens with two attached hydrogens (primary N) is 1. The minimum absolute atomic E-state index is 0.270. The summed E-state index contributed by atoms with van der Waals surface area (Å²) in [5.74, 6) is 1.60. The number of hydrogen-bond donors (Lipinski definition) is 1. The second-order valence-corrected chi connectivity index (χ2v) is 4.13. The van der Waals surface area contributed by atoms with Gasteiger partial charge in [0.05, 0.1) is 7.11 Å². The number of rotatable bonds is 2. The molecule has 1 aromatic rings. The standard InChI is InChI=1S/C12H17NO/c1-8(13)10-6-9-4-3-5-12(14-2)11(9)7-10/h3-5,8,10H,6-7,13H2,1-2H3. The number of ether oxygens (including phenoxy) is 1. The summed E-state index contributed by atoms with van der Waals surface area (Å²) in [5, 5.41) is 0. The van der Waals surface area contributed by atoms with Crippen molar-refractivity contribution in [1.29, 1.82) is 0 Å². The lowest BCUT2D eigenvalue weighted by atomic mass is 9.99. The van der Waals surface area contributed by atoms with Crippen LogP contribution >= 0.6 is 0 Å². The van der Waals surface area contributed by atoms with Crippen LogP contribution in [0.25, 0.3) is 0 Å². The van der Waals surface area contributed by atoms with E-state index in [9.17, 15) is 0 Å². The van der Waals surface area contributed by atoms with Gasteiger partial charge < -0.3 is 10.5 Å². The van der Waals surface area contributed by atoms with Gasteiger partial charge in [-0.05, 0) is 42.9 Å². The summed E-state index contributed by atoms with van der Waals surface area (Å²) in [4.78, 5) is 0. The maximum absolute atomic E-state index is 5.93. The van der Waals surface area contributed by atoms with Gasteiger partial charge in [-0.1, -0.05) is 12.1 Å². The SMILES string of the molecule is COc1cccc2c1CC(C(C)N)C2. The van der Waals surface area contributed by atoms with Gasteiger partial charge in [-0.3, -0.25) is 0 Å². The summed E-state index contributed by atoms with van der Waals surface area (Å²) in [6.45, 7) is 2.09. The smallest absolute Gasteiger partial charge is 0.122 e. The molecule has 0 amide bonds. The van der Waals surface area contributed by atoms with Gasteiger partial charge in [-0.15, -0.1) is 0 Å². The molecule has 2 unspecified atom stereocenters. The fourth-order valence-electron chi connectivity index (χ4n) is 2.21. The molecule has 1 aromatic carbocycles. The predicted octanol–water partition coefficient (Wildman–Crippen LogP) is 1.76. The summed E-state index contributed by atoms with van der Waals surface area (Å²) >= 11 is 0. The van der Waals surface area contributed by atoms with Crippen LogP contribution in [0.1, 0.15) is 18.1 Å². The molecule has 14 heavy (non-hydrogen) atoms. The summed E-state index contributed by atoms with van der Waals surface area (Å²) in [6, 6.07) is 6.54. The monoisotopic (exact) mass is 191 g/mol. The van der Waals surface area contributed by atoms with Gasteiger partial charge >= 0.3 is 0 Å². The third-order valence-corrected chi connectivity index (χ3v) is 3.14. The number of benzene rings is 1. The van der Waals surface area contributed by atoms with Gasteiger partial charge in [0.1, 0.15) is 5.75 Å². The van der Waals surface area contributed by atoms with Crippen LogP contribution in [0, 0.1) is 5.92 Å². The topological polar surface area (TPSA) is 35.2 Å². The van der Waals surface area contributed by atoms with E-state index < -0.39 is 0 Å². The van der Waals surface area contributed by atoms with Crippen molar-refractivity contribution in [1.82, 2.24) is 0 Å². The molecule has 2 atom stereocenters. The third-order valence-electron chi connectivity index (χ3n) is 3.14. The fourth-order valence-corrected chi connectivity index (χ4v) is 2.21. The maximum atomic E-state index is 5.93. The first-order valence-electron chi connectivity index (χ1n) is 5.12. The molecule has 2 nitrogen and oxygen atoms in total. The summed E-state index contributed by atoms with van der Waals surface area (Å²) < 4.78 is 5.34. The van der Waals surface area contributed by atoms with Gasteiger partial charge in [0.2, 0.25) is 0 Å². The van der Waals surface area contributed by atoms with E-state index in [0.29, 0.717) is 5.92 Å². The molecule has 2 rings (SSSR count). The van der Waals surface area contributed by atoms with Crippen molar-refractivity contribution in [2.24, 2.45) is 11.7 Å². The van der Waals surface area contributed by atoms with E-state index in [0.717, 1.165) is 18.6 Å². The number of fused-ring (bicyclic) bond motifs is 1. The van der Waals surface area contributed by atoms with Crippen LogP contribution in [0.4, 0.5) is 0 Å². The highest BCUT2D eigenvalue weighted by Gasteiger charge is 2.26. The average Bonchev–Trinajstić information content (AvgIpc) is 2.60. The normalized spacial score (nSPS) is 21.8. The van der Waals surface area contributed by atoms with Crippen molar-refractivity contribution >= 4 is 0 Å². The van der Waals surface area contributed by atoms with E-state index in [1.54, 1.807) is 7.11 Å². The molecule has 76 valence electrons. The zero-order valence-electron chi connectivity index (χ0n) is 8.79. The lowest BCUT2D eigenvalue weighted by Crippen LogP contribution is -2.26. The van der Waals surface area contributed by atoms with E-state index in [4.69, 9.17) is 10.5 Å². The van der Waals surface area contributed by atoms with Gasteiger partial charge in [-0.25, -0.2) is 0 Å². The first-order chi connectivity index (χ1) is 6.72. The lowest BCUT2D eigenvalue weighted by molar-refractivity contribution is 0.405. The van der Waals surface area contributed by atoms with Crippen LogP contribution < -0.4 is 10.5 Å². The number of methoxy groups -OCH3 is 1. The Bertz CT molecular complexity index is 333. The highest BCUT2D eigenvalue weighted by Crippen LogP contribution is 2.34. The Hall–Kier alpha value is -1.02. The average molecular weight is 191 g/mol. The summed E-state index contributed by atoms with van der Waals surface area (Å²) in [5.41, 5.74) is 8.70. The molecule has 0 aliphatic heterocycles. The van der Waals surface area contributed by atoms with Crippen LogP contribution in [0.3, 0.4) is 0 Å². The molecule has 0 saturated carbocycles. The van der Waals surface area contributed by atoms with Crippen LogP contribution in [0.15, 0.2) is 18.2 Å². The Morgan fingerprint density at radius 3 is 2.86 bits per heavy atom. The predicted molar refractivity (Wildman–Crippen MR) is 57.5 cm³/mol. The zero-order valence-corrected chi connectivity index (χ0v) is 8.79. The van der Waals surface area contributed by atoms with Crippen molar-refractivity contribution in [3.63, 3.8) is 0 Å². The quantitative estimate of drug-likeness (QED) is 0.773. The molecular weight excluding hydrogens is 174 g/mol. The highest BCUT2D eigenvalue weighted by molar-refractivity contribution is 5.43. The van der Waals surface area contributed by atoms with E-state index in [-0.39, 0.29) is 6.04 Å². The molecule has 0 radical (unpaired) electrons. The second kappa shape index (κ2) is 3.62. The molecule has 1 aliphatic rings. The lowest BCUT2D eigenvalue weighted by Gasteiger charge is -2.12. The maximum Gasteiger partial charge on any atom is 0.122 e. The number of hydrogen-bond acceptors (Lipinski definition) is 2. The van der Waals surface area contributed by atoms with Crippen molar-refractivity contribution in [2.45, 2.75) is 25.8 Å². The molecule has 0 saturated heterocycles. The van der Waals surface area contributed by atoms with Gasteiger partial charge in [0, 0.05) is 6.04 Å². The Labute approximate surface area is 85.1 Å². The molecule has 2 heteroatoms. The first kappa shape index (κ1) is 9.53.